The zero-order valence-electron chi connectivity index (χ0n) is 11.5. The van der Waals surface area contributed by atoms with E-state index in [9.17, 15) is 8.42 Å². The lowest BCUT2D eigenvalue weighted by Crippen LogP contribution is -2.46. The summed E-state index contributed by atoms with van der Waals surface area (Å²) >= 11 is 6.08. The van der Waals surface area contributed by atoms with Gasteiger partial charge in [-0.2, -0.15) is 0 Å². The van der Waals surface area contributed by atoms with Gasteiger partial charge in [-0.3, -0.25) is 0 Å². The van der Waals surface area contributed by atoms with Crippen molar-refractivity contribution in [3.63, 3.8) is 0 Å². The molecule has 8 heteroatoms. The first-order valence-electron chi connectivity index (χ1n) is 5.98. The zero-order valence-corrected chi connectivity index (χ0v) is 13.1. The van der Waals surface area contributed by atoms with Gasteiger partial charge in [-0.25, -0.2) is 18.1 Å². The third kappa shape index (κ3) is 3.23. The summed E-state index contributed by atoms with van der Waals surface area (Å²) in [7, 11) is -3.31. The Labute approximate surface area is 123 Å². The van der Waals surface area contributed by atoms with Gasteiger partial charge in [0.1, 0.15) is 5.52 Å². The van der Waals surface area contributed by atoms with Crippen LogP contribution in [0.3, 0.4) is 0 Å². The molecule has 0 saturated heterocycles. The minimum Gasteiger partial charge on any atom is -0.369 e. The second-order valence-corrected chi connectivity index (χ2v) is 7.58. The molecule has 0 bridgehead atoms. The summed E-state index contributed by atoms with van der Waals surface area (Å²) in [4.78, 5) is 4.22. The number of nitrogens with two attached hydrogens (primary N) is 1. The Balaban J connectivity index is 2.44. The van der Waals surface area contributed by atoms with Gasteiger partial charge < -0.3 is 10.3 Å². The van der Waals surface area contributed by atoms with Crippen molar-refractivity contribution in [2.45, 2.75) is 25.9 Å². The number of nitrogens with one attached hydrogen (secondary N) is 1. The number of benzene rings is 1. The van der Waals surface area contributed by atoms with Crippen LogP contribution in [0.25, 0.3) is 11.0 Å². The minimum atomic E-state index is -3.31. The fourth-order valence-corrected chi connectivity index (χ4v) is 3.51. The number of para-hydroxylation sites is 1. The number of hydrogen-bond acceptors (Lipinski definition) is 4. The monoisotopic (exact) mass is 316 g/mol. The van der Waals surface area contributed by atoms with Crippen molar-refractivity contribution in [3.05, 3.63) is 23.2 Å². The van der Waals surface area contributed by atoms with Crippen molar-refractivity contribution < 1.29 is 8.42 Å². The molecule has 0 unspecified atom stereocenters. The average molecular weight is 317 g/mol. The summed E-state index contributed by atoms with van der Waals surface area (Å²) in [5.41, 5.74) is 6.60. The molecule has 2 aromatic rings. The largest absolute Gasteiger partial charge is 0.369 e. The molecular formula is C12H17ClN4O2S. The van der Waals surface area contributed by atoms with E-state index in [1.165, 1.54) is 0 Å². The van der Waals surface area contributed by atoms with Crippen molar-refractivity contribution in [3.8, 4) is 0 Å². The SMILES string of the molecule is CC(C)(Cn1c(N)nc2c(Cl)cccc21)NS(C)(=O)=O. The summed E-state index contributed by atoms with van der Waals surface area (Å²) in [5.74, 6) is 0.302. The number of imidazole rings is 1. The lowest BCUT2D eigenvalue weighted by molar-refractivity contribution is 0.398. The summed E-state index contributed by atoms with van der Waals surface area (Å²) in [6.45, 7) is 3.91. The molecule has 3 N–H and O–H groups in total. The Morgan fingerprint density at radius 2 is 2.10 bits per heavy atom. The number of nitrogens with zero attached hydrogens (tertiary/aromatic N) is 2. The predicted octanol–water partition coefficient (Wildman–Crippen LogP) is 1.60. The van der Waals surface area contributed by atoms with Crippen LogP contribution in [0.4, 0.5) is 5.95 Å². The number of nitrogen functional groups attached to an aromatic ring is 1. The fourth-order valence-electron chi connectivity index (χ4n) is 2.23. The highest BCUT2D eigenvalue weighted by Gasteiger charge is 2.25. The van der Waals surface area contributed by atoms with Crippen LogP contribution in [-0.4, -0.2) is 29.8 Å². The molecule has 0 atom stereocenters. The van der Waals surface area contributed by atoms with Gasteiger partial charge in [0, 0.05) is 12.1 Å². The summed E-state index contributed by atoms with van der Waals surface area (Å²) in [6.07, 6.45) is 1.13. The number of aromatic nitrogens is 2. The van der Waals surface area contributed by atoms with Crippen molar-refractivity contribution in [1.82, 2.24) is 14.3 Å². The standard InChI is InChI=1S/C12H17ClN4O2S/c1-12(2,16-20(3,18)19)7-17-9-6-4-5-8(13)10(9)15-11(17)14/h4-6,16H,7H2,1-3H3,(H2,14,15). The van der Waals surface area contributed by atoms with Gasteiger partial charge in [0.2, 0.25) is 16.0 Å². The summed E-state index contributed by atoms with van der Waals surface area (Å²) in [5, 5.41) is 0.516. The summed E-state index contributed by atoms with van der Waals surface area (Å²) < 4.78 is 27.1. The summed E-state index contributed by atoms with van der Waals surface area (Å²) in [6, 6.07) is 5.39. The van der Waals surface area contributed by atoms with E-state index in [-0.39, 0.29) is 0 Å². The van der Waals surface area contributed by atoms with Crippen LogP contribution in [0, 0.1) is 0 Å². The van der Waals surface area contributed by atoms with Crippen LogP contribution in [0.2, 0.25) is 5.02 Å². The van der Waals surface area contributed by atoms with E-state index in [4.69, 9.17) is 17.3 Å². The lowest BCUT2D eigenvalue weighted by Gasteiger charge is -2.26. The Morgan fingerprint density at radius 3 is 2.70 bits per heavy atom. The number of anilines is 1. The fraction of sp³-hybridized carbons (Fsp3) is 0.417. The molecule has 0 radical (unpaired) electrons. The van der Waals surface area contributed by atoms with Gasteiger partial charge >= 0.3 is 0 Å². The van der Waals surface area contributed by atoms with E-state index in [0.29, 0.717) is 23.0 Å². The maximum Gasteiger partial charge on any atom is 0.209 e. The highest BCUT2D eigenvalue weighted by molar-refractivity contribution is 7.88. The number of halogens is 1. The Kier molecular flexibility index (Phi) is 3.70. The number of sulfonamides is 1. The van der Waals surface area contributed by atoms with Crippen LogP contribution in [-0.2, 0) is 16.6 Å². The van der Waals surface area contributed by atoms with Crippen LogP contribution >= 0.6 is 11.6 Å². The lowest BCUT2D eigenvalue weighted by atomic mass is 10.1. The van der Waals surface area contributed by atoms with Gasteiger partial charge in [0.05, 0.1) is 16.8 Å². The molecule has 0 aliphatic carbocycles. The van der Waals surface area contributed by atoms with Crippen LogP contribution in [0.1, 0.15) is 13.8 Å². The molecule has 0 aliphatic heterocycles. The third-order valence-corrected chi connectivity index (χ3v) is 4.00. The van der Waals surface area contributed by atoms with Gasteiger partial charge in [-0.15, -0.1) is 0 Å². The van der Waals surface area contributed by atoms with Crippen molar-refractivity contribution in [2.75, 3.05) is 12.0 Å². The van der Waals surface area contributed by atoms with E-state index < -0.39 is 15.6 Å². The Morgan fingerprint density at radius 1 is 1.45 bits per heavy atom. The van der Waals surface area contributed by atoms with E-state index >= 15 is 0 Å². The van der Waals surface area contributed by atoms with Crippen molar-refractivity contribution in [1.29, 1.82) is 0 Å². The molecular weight excluding hydrogens is 300 g/mol. The van der Waals surface area contributed by atoms with Crippen LogP contribution in [0.5, 0.6) is 0 Å². The van der Waals surface area contributed by atoms with E-state index in [1.54, 1.807) is 30.5 Å². The number of rotatable bonds is 4. The molecule has 0 spiro atoms. The second-order valence-electron chi connectivity index (χ2n) is 5.42. The molecule has 6 nitrogen and oxygen atoms in total. The third-order valence-electron chi connectivity index (χ3n) is 2.77. The topological polar surface area (TPSA) is 90.0 Å². The highest BCUT2D eigenvalue weighted by Crippen LogP contribution is 2.26. The van der Waals surface area contributed by atoms with Crippen molar-refractivity contribution in [2.24, 2.45) is 0 Å². The number of fused-ring (bicyclic) bond motifs is 1. The maximum absolute atomic E-state index is 11.4. The molecule has 1 aromatic carbocycles. The molecule has 0 amide bonds. The first kappa shape index (κ1) is 15.1. The van der Waals surface area contributed by atoms with Gasteiger partial charge in [-0.1, -0.05) is 17.7 Å². The first-order valence-corrected chi connectivity index (χ1v) is 8.25. The highest BCUT2D eigenvalue weighted by atomic mass is 35.5. The van der Waals surface area contributed by atoms with E-state index in [0.717, 1.165) is 11.8 Å². The number of hydrogen-bond donors (Lipinski definition) is 2. The van der Waals surface area contributed by atoms with Gasteiger partial charge in [-0.05, 0) is 26.0 Å². The Hall–Kier alpha value is -1.31. The van der Waals surface area contributed by atoms with Crippen molar-refractivity contribution >= 4 is 38.6 Å². The molecule has 0 fully saturated rings. The molecule has 2 rings (SSSR count). The minimum absolute atomic E-state index is 0.302. The predicted molar refractivity (Wildman–Crippen MR) is 81.2 cm³/mol. The van der Waals surface area contributed by atoms with E-state index in [1.807, 2.05) is 6.07 Å². The Bertz CT molecular complexity index is 752. The normalized spacial score (nSPS) is 13.0. The van der Waals surface area contributed by atoms with E-state index in [2.05, 4.69) is 9.71 Å². The average Bonchev–Trinajstić information content (AvgIpc) is 2.54. The molecule has 0 aliphatic rings. The van der Waals surface area contributed by atoms with Crippen LogP contribution in [0.15, 0.2) is 18.2 Å². The molecule has 1 heterocycles. The molecule has 20 heavy (non-hydrogen) atoms. The quantitative estimate of drug-likeness (QED) is 0.896. The maximum atomic E-state index is 11.4. The molecule has 0 saturated carbocycles. The zero-order chi connectivity index (χ0) is 15.1. The first-order chi connectivity index (χ1) is 9.09. The molecule has 1 aromatic heterocycles. The second kappa shape index (κ2) is 4.91. The van der Waals surface area contributed by atoms with Gasteiger partial charge in [0.15, 0.2) is 0 Å². The van der Waals surface area contributed by atoms with Crippen LogP contribution < -0.4 is 10.5 Å². The molecule has 110 valence electrons. The smallest absolute Gasteiger partial charge is 0.209 e. The van der Waals surface area contributed by atoms with Gasteiger partial charge in [0.25, 0.3) is 0 Å².